The van der Waals surface area contributed by atoms with Crippen molar-refractivity contribution in [1.82, 2.24) is 0 Å². The van der Waals surface area contributed by atoms with Gasteiger partial charge in [0.05, 0.1) is 44.1 Å². The summed E-state index contributed by atoms with van der Waals surface area (Å²) in [5.41, 5.74) is 0.903. The number of ether oxygens (including phenoxy) is 9. The Hall–Kier alpha value is -8.48. The Labute approximate surface area is 416 Å². The van der Waals surface area contributed by atoms with Gasteiger partial charge in [0.15, 0.2) is 6.29 Å². The van der Waals surface area contributed by atoms with E-state index in [9.17, 15) is 43.5 Å². The number of carbonyl (C=O) groups is 8. The second-order valence-electron chi connectivity index (χ2n) is 14.5. The molecule has 0 radical (unpaired) electrons. The van der Waals surface area contributed by atoms with E-state index in [1.54, 1.807) is 87.5 Å². The maximum atomic E-state index is 13.0. The molecule has 1 unspecified atom stereocenters. The van der Waals surface area contributed by atoms with Gasteiger partial charge in [-0.3, -0.25) is 19.2 Å². The van der Waals surface area contributed by atoms with Crippen molar-refractivity contribution >= 4 is 69.3 Å². The molecule has 0 amide bonds. The highest BCUT2D eigenvalue weighted by atomic mass is 16.6. The number of rotatable bonds is 24. The minimum absolute atomic E-state index is 0.0394. The lowest BCUT2D eigenvalue weighted by molar-refractivity contribution is -0.153. The van der Waals surface area contributed by atoms with Crippen LogP contribution < -0.4 is 9.47 Å². The molecule has 0 saturated carbocycles. The third-order valence-corrected chi connectivity index (χ3v) is 9.07. The third kappa shape index (κ3) is 22.3. The zero-order chi connectivity index (χ0) is 53.6. The fourth-order valence-electron chi connectivity index (χ4n) is 5.52. The highest BCUT2D eigenvalue weighted by Crippen LogP contribution is 2.25. The average molecular weight is 995 g/mol. The Kier molecular flexibility index (Phi) is 26.8. The zero-order valence-corrected chi connectivity index (χ0v) is 40.6. The molecule has 0 spiro atoms. The molecule has 0 aliphatic carbocycles. The van der Waals surface area contributed by atoms with E-state index >= 15 is 0 Å². The Bertz CT molecular complexity index is 2660. The summed E-state index contributed by atoms with van der Waals surface area (Å²) in [5.74, 6) is -3.82. The summed E-state index contributed by atoms with van der Waals surface area (Å²) in [4.78, 5) is 94.9. The molecule has 72 heavy (non-hydrogen) atoms. The van der Waals surface area contributed by atoms with E-state index < -0.39 is 48.1 Å². The van der Waals surface area contributed by atoms with Crippen LogP contribution in [-0.2, 0) is 61.9 Å². The lowest BCUT2D eigenvalue weighted by Gasteiger charge is -2.12. The normalized spacial score (nSPS) is 11.1. The second-order valence-corrected chi connectivity index (χ2v) is 14.5. The highest BCUT2D eigenvalue weighted by Gasteiger charge is 2.16. The number of hydrogen-bond acceptors (Lipinski definition) is 18. The molecule has 4 aromatic rings. The molecule has 0 bridgehead atoms. The van der Waals surface area contributed by atoms with E-state index in [4.69, 9.17) is 37.9 Å². The summed E-state index contributed by atoms with van der Waals surface area (Å²) >= 11 is 0. The molecule has 18 heteroatoms. The van der Waals surface area contributed by atoms with E-state index in [2.05, 4.69) is 37.6 Å². The SMILES string of the molecule is C=C.C=C(C)C(=O)OC.C=CC(=O)OCCOC(O)CCC(=O)Oc1ccc2cc(C(=O)O/C(C=C)=C/C=C(\C)OC(=O)c3ccc4cc(OC(=O)CCC(=O)OCCOC(=O)CC)ccc4c3)ccc2c1. The summed E-state index contributed by atoms with van der Waals surface area (Å²) < 4.78 is 45.6. The van der Waals surface area contributed by atoms with Crippen molar-refractivity contribution in [2.45, 2.75) is 59.2 Å². The van der Waals surface area contributed by atoms with Gasteiger partial charge in [-0.1, -0.05) is 50.9 Å². The Balaban J connectivity index is 0.00000181. The van der Waals surface area contributed by atoms with Crippen molar-refractivity contribution in [3.8, 4) is 11.5 Å². The van der Waals surface area contributed by atoms with Crippen molar-refractivity contribution in [3.63, 3.8) is 0 Å². The van der Waals surface area contributed by atoms with Crippen molar-refractivity contribution in [2.75, 3.05) is 33.5 Å². The van der Waals surface area contributed by atoms with Crippen LogP contribution in [0.1, 0.15) is 73.6 Å². The van der Waals surface area contributed by atoms with Gasteiger partial charge in [-0.05, 0) is 102 Å². The number of esters is 8. The fraction of sp³-hybridized carbons (Fsp3) is 0.259. The lowest BCUT2D eigenvalue weighted by Crippen LogP contribution is -2.19. The summed E-state index contributed by atoms with van der Waals surface area (Å²) in [6, 6.07) is 19.3. The van der Waals surface area contributed by atoms with Crippen LogP contribution in [0.3, 0.4) is 0 Å². The van der Waals surface area contributed by atoms with Gasteiger partial charge in [0, 0.05) is 24.5 Å². The molecule has 4 aromatic carbocycles. The maximum absolute atomic E-state index is 13.0. The first-order valence-corrected chi connectivity index (χ1v) is 22.0. The zero-order valence-electron chi connectivity index (χ0n) is 40.6. The van der Waals surface area contributed by atoms with Gasteiger partial charge in [-0.25, -0.2) is 19.2 Å². The molecule has 0 fully saturated rings. The first kappa shape index (κ1) is 59.6. The number of fused-ring (bicyclic) bond motifs is 2. The van der Waals surface area contributed by atoms with Crippen LogP contribution in [0, 0.1) is 0 Å². The van der Waals surface area contributed by atoms with E-state index in [0.717, 1.165) is 6.08 Å². The summed E-state index contributed by atoms with van der Waals surface area (Å²) in [6.07, 6.45) is 3.52. The van der Waals surface area contributed by atoms with Crippen LogP contribution in [-0.4, -0.2) is 92.7 Å². The van der Waals surface area contributed by atoms with Gasteiger partial charge in [0.1, 0.15) is 42.8 Å². The van der Waals surface area contributed by atoms with Crippen LogP contribution in [0.25, 0.3) is 21.5 Å². The summed E-state index contributed by atoms with van der Waals surface area (Å²) in [7, 11) is 1.33. The van der Waals surface area contributed by atoms with Crippen LogP contribution in [0.2, 0.25) is 0 Å². The molecule has 0 aliphatic rings. The smallest absolute Gasteiger partial charge is 0.343 e. The second kappa shape index (κ2) is 32.4. The molecule has 0 aliphatic heterocycles. The van der Waals surface area contributed by atoms with Gasteiger partial charge >= 0.3 is 47.8 Å². The fourth-order valence-corrected chi connectivity index (χ4v) is 5.52. The standard InChI is InChI=1S/C47H46O16.C5H8O2.C2H4/c1-5-37(63-47(55)36-12-10-34-29-39(17-14-32(34)27-36)62-45(53)21-19-43(51)59-25-23-57-41(49)7-3)15-8-30(4)60-46(54)35-11-9-33-28-38(16-13-31(33)26-35)61-44(52)20-18-42(50)58-24-22-56-40(48)6-2;1-4(2)5(6)7-3;1-2/h5,7-17,26-29,43,51H,1,3,6,18-25H2,2,4H3;1H2,2-3H3;1-2H2/b30-8+,37-15+;;. The van der Waals surface area contributed by atoms with Crippen molar-refractivity contribution in [3.05, 3.63) is 158 Å². The monoisotopic (exact) mass is 994 g/mol. The molecule has 4 rings (SSSR count). The predicted octanol–water partition coefficient (Wildman–Crippen LogP) is 8.45. The molecule has 1 atom stereocenters. The lowest BCUT2D eigenvalue weighted by atomic mass is 10.1. The number of aliphatic hydroxyl groups excluding tert-OH is 1. The van der Waals surface area contributed by atoms with Crippen molar-refractivity contribution < 1.29 is 86.1 Å². The highest BCUT2D eigenvalue weighted by molar-refractivity contribution is 5.97. The average Bonchev–Trinajstić information content (AvgIpc) is 3.38. The molecule has 382 valence electrons. The van der Waals surface area contributed by atoms with E-state index in [0.29, 0.717) is 27.1 Å². The predicted molar refractivity (Wildman–Crippen MR) is 264 cm³/mol. The maximum Gasteiger partial charge on any atom is 0.343 e. The topological polar surface area (TPSA) is 240 Å². The summed E-state index contributed by atoms with van der Waals surface area (Å²) in [6.45, 7) is 20.8. The van der Waals surface area contributed by atoms with Crippen molar-refractivity contribution in [2.24, 2.45) is 0 Å². The number of hydrogen-bond donors (Lipinski definition) is 1. The Morgan fingerprint density at radius 1 is 0.597 bits per heavy atom. The van der Waals surface area contributed by atoms with E-state index in [1.807, 2.05) is 0 Å². The largest absolute Gasteiger partial charge is 0.466 e. The Morgan fingerprint density at radius 2 is 1.08 bits per heavy atom. The molecule has 1 N–H and O–H groups in total. The number of benzene rings is 4. The minimum atomic E-state index is -1.26. The van der Waals surface area contributed by atoms with Gasteiger partial charge in [0.2, 0.25) is 0 Å². The number of aliphatic hydroxyl groups is 1. The van der Waals surface area contributed by atoms with Crippen LogP contribution >= 0.6 is 0 Å². The third-order valence-electron chi connectivity index (χ3n) is 9.07. The van der Waals surface area contributed by atoms with Gasteiger partial charge in [0.25, 0.3) is 0 Å². The van der Waals surface area contributed by atoms with Crippen LogP contribution in [0.15, 0.2) is 147 Å². The van der Waals surface area contributed by atoms with Crippen molar-refractivity contribution in [1.29, 1.82) is 0 Å². The van der Waals surface area contributed by atoms with Gasteiger partial charge in [-0.2, -0.15) is 0 Å². The Morgan fingerprint density at radius 3 is 1.58 bits per heavy atom. The molecule has 0 aromatic heterocycles. The van der Waals surface area contributed by atoms with Gasteiger partial charge < -0.3 is 47.7 Å². The van der Waals surface area contributed by atoms with E-state index in [-0.39, 0.29) is 98.6 Å². The molecular formula is C54H58O18. The molecule has 18 nitrogen and oxygen atoms in total. The molecule has 0 heterocycles. The number of carbonyl (C=O) groups excluding carboxylic acids is 8. The number of allylic oxidation sites excluding steroid dienone is 4. The number of methoxy groups -OCH3 is 1. The quantitative estimate of drug-likeness (QED) is 0.00797. The molecule has 0 saturated heterocycles. The first-order chi connectivity index (χ1) is 34.4. The molecular weight excluding hydrogens is 937 g/mol. The van der Waals surface area contributed by atoms with Crippen LogP contribution in [0.5, 0.6) is 11.5 Å². The van der Waals surface area contributed by atoms with Crippen LogP contribution in [0.4, 0.5) is 0 Å². The first-order valence-electron chi connectivity index (χ1n) is 22.0. The van der Waals surface area contributed by atoms with Gasteiger partial charge in [-0.15, -0.1) is 13.2 Å². The van der Waals surface area contributed by atoms with E-state index in [1.165, 1.54) is 31.4 Å². The minimum Gasteiger partial charge on any atom is -0.466 e. The summed E-state index contributed by atoms with van der Waals surface area (Å²) in [5, 5.41) is 12.6.